The highest BCUT2D eigenvalue weighted by molar-refractivity contribution is 6.12. The van der Waals surface area contributed by atoms with Crippen LogP contribution in [0.15, 0.2) is 59.5 Å². The highest BCUT2D eigenvalue weighted by Crippen LogP contribution is 2.23. The number of fused-ring (bicyclic) bond motifs is 1. The lowest BCUT2D eigenvalue weighted by Crippen LogP contribution is -2.16. The Morgan fingerprint density at radius 3 is 2.50 bits per heavy atom. The number of pyridine rings is 1. The average molecular weight is 360 g/mol. The van der Waals surface area contributed by atoms with Gasteiger partial charge in [-0.25, -0.2) is 0 Å². The molecule has 0 saturated heterocycles. The summed E-state index contributed by atoms with van der Waals surface area (Å²) >= 11 is 0. The van der Waals surface area contributed by atoms with Gasteiger partial charge in [-0.15, -0.1) is 0 Å². The average Bonchev–Trinajstić information content (AvgIpc) is 2.60. The van der Waals surface area contributed by atoms with E-state index in [-0.39, 0.29) is 17.5 Å². The van der Waals surface area contributed by atoms with Gasteiger partial charge in [0.15, 0.2) is 0 Å². The zero-order valence-corrected chi connectivity index (χ0v) is 13.6. The molecule has 0 atom stereocenters. The molecule has 3 rings (SSSR count). The molecule has 3 aromatic rings. The van der Waals surface area contributed by atoms with Crippen molar-refractivity contribution in [3.05, 3.63) is 76.2 Å². The number of alkyl halides is 3. The minimum absolute atomic E-state index is 0.158. The van der Waals surface area contributed by atoms with Crippen molar-refractivity contribution in [2.75, 3.05) is 5.32 Å². The molecular formula is C19H15F3N2O2. The molecule has 1 amide bonds. The van der Waals surface area contributed by atoms with E-state index in [4.69, 9.17) is 0 Å². The maximum atomic E-state index is 12.6. The maximum Gasteiger partial charge on any atom is 0.389 e. The summed E-state index contributed by atoms with van der Waals surface area (Å²) in [6.07, 6.45) is -3.98. The van der Waals surface area contributed by atoms with E-state index in [1.54, 1.807) is 42.5 Å². The van der Waals surface area contributed by atoms with Gasteiger partial charge in [-0.1, -0.05) is 30.3 Å². The summed E-state index contributed by atoms with van der Waals surface area (Å²) in [5.41, 5.74) is 0.851. The van der Waals surface area contributed by atoms with Crippen LogP contribution in [0.2, 0.25) is 0 Å². The predicted molar refractivity (Wildman–Crippen MR) is 93.3 cm³/mol. The Bertz CT molecular complexity index is 1010. The van der Waals surface area contributed by atoms with Crippen LogP contribution in [0.25, 0.3) is 10.8 Å². The van der Waals surface area contributed by atoms with Gasteiger partial charge in [0.05, 0.1) is 5.56 Å². The molecule has 7 heteroatoms. The number of aromatic nitrogens is 1. The number of hydrogen-bond acceptors (Lipinski definition) is 2. The van der Waals surface area contributed by atoms with E-state index in [1.165, 1.54) is 12.3 Å². The van der Waals surface area contributed by atoms with E-state index >= 15 is 0 Å². The Hall–Kier alpha value is -3.09. The zero-order valence-electron chi connectivity index (χ0n) is 13.6. The summed E-state index contributed by atoms with van der Waals surface area (Å²) in [4.78, 5) is 26.9. The van der Waals surface area contributed by atoms with E-state index in [0.29, 0.717) is 22.0 Å². The second-order valence-corrected chi connectivity index (χ2v) is 5.85. The summed E-state index contributed by atoms with van der Waals surface area (Å²) in [6, 6.07) is 13.0. The van der Waals surface area contributed by atoms with Gasteiger partial charge in [0.2, 0.25) is 0 Å². The fourth-order valence-corrected chi connectivity index (χ4v) is 2.69. The highest BCUT2D eigenvalue weighted by Gasteiger charge is 2.26. The van der Waals surface area contributed by atoms with Gasteiger partial charge in [0, 0.05) is 29.1 Å². The van der Waals surface area contributed by atoms with Gasteiger partial charge in [0.1, 0.15) is 0 Å². The number of nitrogens with one attached hydrogen (secondary N) is 2. The predicted octanol–water partition coefficient (Wildman–Crippen LogP) is 4.28. The quantitative estimate of drug-likeness (QED) is 0.730. The van der Waals surface area contributed by atoms with Crippen LogP contribution in [-0.4, -0.2) is 17.1 Å². The van der Waals surface area contributed by atoms with Crippen molar-refractivity contribution in [3.63, 3.8) is 0 Å². The van der Waals surface area contributed by atoms with Gasteiger partial charge in [-0.2, -0.15) is 13.2 Å². The summed E-state index contributed by atoms with van der Waals surface area (Å²) in [7, 11) is 0. The number of H-pyrrole nitrogens is 1. The van der Waals surface area contributed by atoms with Crippen molar-refractivity contribution < 1.29 is 18.0 Å². The number of anilines is 1. The minimum atomic E-state index is -4.23. The van der Waals surface area contributed by atoms with Gasteiger partial charge in [0.25, 0.3) is 11.5 Å². The Kier molecular flexibility index (Phi) is 4.79. The van der Waals surface area contributed by atoms with Crippen LogP contribution < -0.4 is 10.9 Å². The fourth-order valence-electron chi connectivity index (χ4n) is 2.69. The first kappa shape index (κ1) is 17.7. The molecule has 0 bridgehead atoms. The van der Waals surface area contributed by atoms with Crippen LogP contribution in [-0.2, 0) is 6.42 Å². The number of carbonyl (C=O) groups excluding carboxylic acids is 1. The number of aryl methyl sites for hydroxylation is 1. The summed E-state index contributed by atoms with van der Waals surface area (Å²) in [6.45, 7) is 0. The molecule has 2 aromatic carbocycles. The SMILES string of the molecule is O=C(Nc1cccc(CCC(F)(F)F)c1)c1c[nH]c(=O)c2ccccc12. The van der Waals surface area contributed by atoms with Crippen LogP contribution in [0.5, 0.6) is 0 Å². The van der Waals surface area contributed by atoms with Crippen LogP contribution in [0, 0.1) is 0 Å². The normalized spacial score (nSPS) is 11.5. The lowest BCUT2D eigenvalue weighted by molar-refractivity contribution is -0.134. The number of hydrogen-bond donors (Lipinski definition) is 2. The lowest BCUT2D eigenvalue weighted by atomic mass is 10.1. The Balaban J connectivity index is 1.83. The van der Waals surface area contributed by atoms with Gasteiger partial charge >= 0.3 is 6.18 Å². The van der Waals surface area contributed by atoms with E-state index in [1.807, 2.05) is 0 Å². The summed E-state index contributed by atoms with van der Waals surface area (Å²) in [5.74, 6) is -0.453. The molecule has 0 fully saturated rings. The van der Waals surface area contributed by atoms with E-state index < -0.39 is 18.5 Å². The minimum Gasteiger partial charge on any atom is -0.328 e. The van der Waals surface area contributed by atoms with Crippen LogP contribution >= 0.6 is 0 Å². The van der Waals surface area contributed by atoms with Crippen molar-refractivity contribution in [3.8, 4) is 0 Å². The van der Waals surface area contributed by atoms with E-state index in [0.717, 1.165) is 0 Å². The van der Waals surface area contributed by atoms with Crippen molar-refractivity contribution in [1.82, 2.24) is 4.98 Å². The maximum absolute atomic E-state index is 12.6. The fraction of sp³-hybridized carbons (Fsp3) is 0.158. The Morgan fingerprint density at radius 2 is 1.77 bits per heavy atom. The smallest absolute Gasteiger partial charge is 0.328 e. The van der Waals surface area contributed by atoms with Crippen molar-refractivity contribution in [1.29, 1.82) is 0 Å². The van der Waals surface area contributed by atoms with Crippen LogP contribution in [0.4, 0.5) is 18.9 Å². The van der Waals surface area contributed by atoms with Crippen LogP contribution in [0.1, 0.15) is 22.3 Å². The van der Waals surface area contributed by atoms with Crippen LogP contribution in [0.3, 0.4) is 0 Å². The second kappa shape index (κ2) is 7.03. The number of carbonyl (C=O) groups is 1. The summed E-state index contributed by atoms with van der Waals surface area (Å²) < 4.78 is 37.1. The van der Waals surface area contributed by atoms with Gasteiger partial charge in [-0.3, -0.25) is 9.59 Å². The molecular weight excluding hydrogens is 345 g/mol. The molecule has 0 aliphatic rings. The third-order valence-electron chi connectivity index (χ3n) is 3.94. The first-order valence-electron chi connectivity index (χ1n) is 7.91. The molecule has 0 aliphatic heterocycles. The molecule has 1 heterocycles. The topological polar surface area (TPSA) is 62.0 Å². The molecule has 0 spiro atoms. The standard InChI is InChI=1S/C19H15F3N2O2/c20-19(21,22)9-8-12-4-3-5-13(10-12)24-18(26)16-11-23-17(25)15-7-2-1-6-14(15)16/h1-7,10-11H,8-9H2,(H,23,25)(H,24,26). The van der Waals surface area contributed by atoms with Crippen molar-refractivity contribution in [2.24, 2.45) is 0 Å². The third kappa shape index (κ3) is 4.11. The lowest BCUT2D eigenvalue weighted by Gasteiger charge is -2.10. The van der Waals surface area contributed by atoms with Gasteiger partial charge < -0.3 is 10.3 Å². The first-order valence-corrected chi connectivity index (χ1v) is 7.91. The number of rotatable bonds is 4. The monoisotopic (exact) mass is 360 g/mol. The molecule has 1 aromatic heterocycles. The number of amides is 1. The molecule has 0 radical (unpaired) electrons. The van der Waals surface area contributed by atoms with Crippen molar-refractivity contribution in [2.45, 2.75) is 19.0 Å². The Morgan fingerprint density at radius 1 is 1.04 bits per heavy atom. The second-order valence-electron chi connectivity index (χ2n) is 5.85. The molecule has 4 nitrogen and oxygen atoms in total. The molecule has 0 unspecified atom stereocenters. The summed E-state index contributed by atoms with van der Waals surface area (Å²) in [5, 5.41) is 3.56. The third-order valence-corrected chi connectivity index (χ3v) is 3.94. The molecule has 0 saturated carbocycles. The van der Waals surface area contributed by atoms with E-state index in [9.17, 15) is 22.8 Å². The zero-order chi connectivity index (χ0) is 18.7. The molecule has 0 aliphatic carbocycles. The number of aromatic amines is 1. The largest absolute Gasteiger partial charge is 0.389 e. The molecule has 26 heavy (non-hydrogen) atoms. The number of halogens is 3. The highest BCUT2D eigenvalue weighted by atomic mass is 19.4. The van der Waals surface area contributed by atoms with Gasteiger partial charge in [-0.05, 0) is 30.2 Å². The molecule has 134 valence electrons. The number of benzene rings is 2. The van der Waals surface area contributed by atoms with Crippen molar-refractivity contribution >= 4 is 22.4 Å². The first-order chi connectivity index (χ1) is 12.3. The molecule has 2 N–H and O–H groups in total. The Labute approximate surface area is 146 Å². The van der Waals surface area contributed by atoms with E-state index in [2.05, 4.69) is 10.3 Å².